The Kier molecular flexibility index (Phi) is 9.51. The maximum atomic E-state index is 13.2. The molecule has 0 saturated carbocycles. The summed E-state index contributed by atoms with van der Waals surface area (Å²) in [6.45, 7) is 10.8. The van der Waals surface area contributed by atoms with Crippen molar-refractivity contribution in [1.29, 1.82) is 0 Å². The Hall–Kier alpha value is -3.22. The van der Waals surface area contributed by atoms with Gasteiger partial charge in [-0.05, 0) is 85.3 Å². The van der Waals surface area contributed by atoms with Crippen LogP contribution >= 0.6 is 0 Å². The minimum absolute atomic E-state index is 0.113. The SMILES string of the molecule is Cc1cc2cc3c(cc2cc1OCCCCCCCCN1CCN(Cc2ccccc2)CC1)N=C[C@@H]1CCCN1C3=O. The molecule has 2 fully saturated rings. The monoisotopic (exact) mass is 566 g/mol. The van der Waals surface area contributed by atoms with Gasteiger partial charge >= 0.3 is 0 Å². The largest absolute Gasteiger partial charge is 0.493 e. The first-order chi connectivity index (χ1) is 20.6. The Labute approximate surface area is 251 Å². The standard InChI is InChI=1S/C36H46N4O2/c1-28-22-30-23-33-34(37-26-32-14-11-16-40(32)36(33)41)24-31(30)25-35(28)42-21-10-5-3-2-4-9-15-38-17-19-39(20-18-38)27-29-12-7-6-8-13-29/h6-8,12-13,22-26,32H,2-5,9-11,14-21,27H2,1H3/t32-/m0/s1. The Morgan fingerprint density at radius 3 is 2.40 bits per heavy atom. The molecule has 3 heterocycles. The zero-order chi connectivity index (χ0) is 28.7. The fraction of sp³-hybridized carbons (Fsp3) is 0.500. The molecule has 0 aromatic heterocycles. The first-order valence-corrected chi connectivity index (χ1v) is 16.2. The van der Waals surface area contributed by atoms with Gasteiger partial charge in [0, 0.05) is 45.5 Å². The predicted octanol–water partition coefficient (Wildman–Crippen LogP) is 7.01. The van der Waals surface area contributed by atoms with E-state index in [9.17, 15) is 4.79 Å². The van der Waals surface area contributed by atoms with Crippen LogP contribution in [0.5, 0.6) is 5.75 Å². The Balaban J connectivity index is 0.876. The van der Waals surface area contributed by atoms with Crippen LogP contribution in [-0.4, -0.2) is 78.7 Å². The second-order valence-corrected chi connectivity index (χ2v) is 12.4. The van der Waals surface area contributed by atoms with Crippen molar-refractivity contribution in [1.82, 2.24) is 14.7 Å². The molecule has 0 aliphatic carbocycles. The van der Waals surface area contributed by atoms with Gasteiger partial charge < -0.3 is 14.5 Å². The van der Waals surface area contributed by atoms with Crippen molar-refractivity contribution in [2.75, 3.05) is 45.9 Å². The molecule has 0 spiro atoms. The van der Waals surface area contributed by atoms with Crippen molar-refractivity contribution in [3.05, 3.63) is 71.3 Å². The molecule has 2 saturated heterocycles. The molecule has 0 unspecified atom stereocenters. The molecule has 0 bridgehead atoms. The molecule has 3 aliphatic heterocycles. The molecule has 6 heteroatoms. The van der Waals surface area contributed by atoms with E-state index in [-0.39, 0.29) is 11.9 Å². The van der Waals surface area contributed by atoms with E-state index in [4.69, 9.17) is 9.73 Å². The number of aliphatic imine (C=N–C) groups is 1. The molecule has 6 nitrogen and oxygen atoms in total. The van der Waals surface area contributed by atoms with Gasteiger partial charge in [-0.15, -0.1) is 0 Å². The van der Waals surface area contributed by atoms with Crippen LogP contribution in [0, 0.1) is 6.92 Å². The topological polar surface area (TPSA) is 48.4 Å². The van der Waals surface area contributed by atoms with E-state index < -0.39 is 0 Å². The summed E-state index contributed by atoms with van der Waals surface area (Å²) in [7, 11) is 0. The van der Waals surface area contributed by atoms with E-state index >= 15 is 0 Å². The zero-order valence-corrected chi connectivity index (χ0v) is 25.3. The normalized spacial score (nSPS) is 19.2. The van der Waals surface area contributed by atoms with Gasteiger partial charge in [0.1, 0.15) is 5.75 Å². The lowest BCUT2D eigenvalue weighted by Crippen LogP contribution is -2.46. The van der Waals surface area contributed by atoms with Gasteiger partial charge in [-0.2, -0.15) is 0 Å². The summed E-state index contributed by atoms with van der Waals surface area (Å²) in [5, 5.41) is 2.16. The van der Waals surface area contributed by atoms with Gasteiger partial charge in [-0.25, -0.2) is 0 Å². The number of carbonyl (C=O) groups is 1. The number of hydrogen-bond donors (Lipinski definition) is 0. The predicted molar refractivity (Wildman–Crippen MR) is 172 cm³/mol. The van der Waals surface area contributed by atoms with Crippen molar-refractivity contribution in [3.8, 4) is 5.75 Å². The number of amides is 1. The molecule has 222 valence electrons. The van der Waals surface area contributed by atoms with Crippen LogP contribution in [0.25, 0.3) is 10.8 Å². The first kappa shape index (κ1) is 28.9. The Morgan fingerprint density at radius 1 is 0.833 bits per heavy atom. The van der Waals surface area contributed by atoms with Gasteiger partial charge in [-0.3, -0.25) is 14.7 Å². The number of nitrogens with zero attached hydrogens (tertiary/aromatic N) is 4. The maximum absolute atomic E-state index is 13.2. The number of ether oxygens (including phenoxy) is 1. The van der Waals surface area contributed by atoms with Crippen molar-refractivity contribution < 1.29 is 9.53 Å². The quantitative estimate of drug-likeness (QED) is 0.221. The number of hydrogen-bond acceptors (Lipinski definition) is 5. The minimum Gasteiger partial charge on any atom is -0.493 e. The summed E-state index contributed by atoms with van der Waals surface area (Å²) in [4.78, 5) is 25.1. The van der Waals surface area contributed by atoms with Crippen LogP contribution < -0.4 is 4.74 Å². The third kappa shape index (κ3) is 7.04. The second kappa shape index (κ2) is 13.8. The average molecular weight is 567 g/mol. The average Bonchev–Trinajstić information content (AvgIpc) is 3.44. The highest BCUT2D eigenvalue weighted by molar-refractivity contribution is 6.06. The fourth-order valence-electron chi connectivity index (χ4n) is 6.72. The molecule has 42 heavy (non-hydrogen) atoms. The van der Waals surface area contributed by atoms with Crippen molar-refractivity contribution >= 4 is 28.6 Å². The van der Waals surface area contributed by atoms with Crippen LogP contribution in [0.15, 0.2) is 59.6 Å². The van der Waals surface area contributed by atoms with E-state index in [2.05, 4.69) is 65.3 Å². The van der Waals surface area contributed by atoms with Gasteiger partial charge in [0.25, 0.3) is 5.91 Å². The third-order valence-corrected chi connectivity index (χ3v) is 9.26. The zero-order valence-electron chi connectivity index (χ0n) is 25.3. The lowest BCUT2D eigenvalue weighted by Gasteiger charge is -2.34. The third-order valence-electron chi connectivity index (χ3n) is 9.26. The van der Waals surface area contributed by atoms with Crippen molar-refractivity contribution in [2.24, 2.45) is 4.99 Å². The van der Waals surface area contributed by atoms with E-state index in [1.807, 2.05) is 17.2 Å². The molecule has 3 aromatic rings. The summed E-state index contributed by atoms with van der Waals surface area (Å²) >= 11 is 0. The molecule has 0 radical (unpaired) electrons. The highest BCUT2D eigenvalue weighted by atomic mass is 16.5. The Morgan fingerprint density at radius 2 is 1.57 bits per heavy atom. The summed E-state index contributed by atoms with van der Waals surface area (Å²) < 4.78 is 6.22. The fourth-order valence-corrected chi connectivity index (χ4v) is 6.72. The second-order valence-electron chi connectivity index (χ2n) is 12.4. The number of aryl methyl sites for hydroxylation is 1. The molecule has 6 rings (SSSR count). The van der Waals surface area contributed by atoms with Crippen LogP contribution in [-0.2, 0) is 6.54 Å². The van der Waals surface area contributed by atoms with E-state index in [1.54, 1.807) is 0 Å². The smallest absolute Gasteiger partial charge is 0.256 e. The molecular weight excluding hydrogens is 520 g/mol. The maximum Gasteiger partial charge on any atom is 0.256 e. The number of piperazine rings is 1. The summed E-state index contributed by atoms with van der Waals surface area (Å²) in [5.41, 5.74) is 4.04. The van der Waals surface area contributed by atoms with Crippen LogP contribution in [0.2, 0.25) is 0 Å². The lowest BCUT2D eigenvalue weighted by atomic mass is 10.0. The lowest BCUT2D eigenvalue weighted by molar-refractivity contribution is 0.0775. The van der Waals surface area contributed by atoms with Gasteiger partial charge in [0.05, 0.1) is 23.9 Å². The summed E-state index contributed by atoms with van der Waals surface area (Å²) in [6, 6.07) is 19.3. The van der Waals surface area contributed by atoms with Gasteiger partial charge in [-0.1, -0.05) is 56.0 Å². The Bertz CT molecular complexity index is 1380. The van der Waals surface area contributed by atoms with Gasteiger partial charge in [0.15, 0.2) is 0 Å². The van der Waals surface area contributed by atoms with E-state index in [0.717, 1.165) is 72.3 Å². The number of fused-ring (bicyclic) bond motifs is 3. The van der Waals surface area contributed by atoms with Gasteiger partial charge in [0.2, 0.25) is 0 Å². The molecule has 0 N–H and O–H groups in total. The minimum atomic E-state index is 0.113. The number of carbonyl (C=O) groups excluding carboxylic acids is 1. The van der Waals surface area contributed by atoms with E-state index in [1.165, 1.54) is 70.4 Å². The molecule has 3 aliphatic rings. The first-order valence-electron chi connectivity index (χ1n) is 16.2. The number of rotatable bonds is 12. The van der Waals surface area contributed by atoms with Crippen LogP contribution in [0.4, 0.5) is 5.69 Å². The molecular formula is C36H46N4O2. The highest BCUT2D eigenvalue weighted by Crippen LogP contribution is 2.35. The molecule has 1 atom stereocenters. The molecule has 1 amide bonds. The van der Waals surface area contributed by atoms with Crippen molar-refractivity contribution in [3.63, 3.8) is 0 Å². The van der Waals surface area contributed by atoms with Crippen LogP contribution in [0.3, 0.4) is 0 Å². The number of unbranched alkanes of at least 4 members (excludes halogenated alkanes) is 5. The van der Waals surface area contributed by atoms with Crippen molar-refractivity contribution in [2.45, 2.75) is 70.9 Å². The highest BCUT2D eigenvalue weighted by Gasteiger charge is 2.31. The molecule has 3 aromatic carbocycles. The van der Waals surface area contributed by atoms with E-state index in [0.29, 0.717) is 0 Å². The summed E-state index contributed by atoms with van der Waals surface area (Å²) in [5.74, 6) is 1.05. The number of benzene rings is 3. The van der Waals surface area contributed by atoms with Crippen LogP contribution in [0.1, 0.15) is 72.9 Å². The summed E-state index contributed by atoms with van der Waals surface area (Å²) in [6.07, 6.45) is 11.5.